The topological polar surface area (TPSA) is 79.6 Å². The fourth-order valence-corrected chi connectivity index (χ4v) is 5.41. The molecule has 2 heterocycles. The highest BCUT2D eigenvalue weighted by molar-refractivity contribution is 8.00. The highest BCUT2D eigenvalue weighted by Crippen LogP contribution is 2.26. The highest BCUT2D eigenvalue weighted by atomic mass is 32.2. The van der Waals surface area contributed by atoms with Gasteiger partial charge in [0.05, 0.1) is 4.92 Å². The minimum atomic E-state index is -0.371. The second-order valence-corrected chi connectivity index (χ2v) is 9.82. The number of thioether (sulfide) groups is 1. The van der Waals surface area contributed by atoms with E-state index in [4.69, 9.17) is 0 Å². The zero-order valence-corrected chi connectivity index (χ0v) is 19.4. The number of aryl methyl sites for hydroxylation is 1. The van der Waals surface area contributed by atoms with Gasteiger partial charge in [0, 0.05) is 67.2 Å². The molecule has 0 N–H and O–H groups in total. The van der Waals surface area contributed by atoms with E-state index in [1.54, 1.807) is 35.2 Å². The van der Waals surface area contributed by atoms with Crippen molar-refractivity contribution >= 4 is 34.7 Å². The van der Waals surface area contributed by atoms with Crippen LogP contribution in [0, 0.1) is 17.0 Å². The molecule has 0 radical (unpaired) electrons. The average molecular weight is 469 g/mol. The average Bonchev–Trinajstić information content (AvgIpc) is 3.23. The first-order chi connectivity index (χ1) is 15.5. The number of carbonyl (C=O) groups is 1. The second kappa shape index (κ2) is 10.2. The van der Waals surface area contributed by atoms with Crippen LogP contribution in [0.1, 0.15) is 27.2 Å². The molecule has 1 aliphatic heterocycles. The van der Waals surface area contributed by atoms with Crippen LogP contribution in [0.4, 0.5) is 5.69 Å². The van der Waals surface area contributed by atoms with Crippen LogP contribution in [-0.2, 0) is 12.3 Å². The predicted molar refractivity (Wildman–Crippen MR) is 127 cm³/mol. The third kappa shape index (κ3) is 5.73. The smallest absolute Gasteiger partial charge is 0.269 e. The molecule has 32 heavy (non-hydrogen) atoms. The molecular formula is C23H24N4O3S2. The van der Waals surface area contributed by atoms with Gasteiger partial charge in [-0.3, -0.25) is 19.8 Å². The second-order valence-electron chi connectivity index (χ2n) is 7.74. The lowest BCUT2D eigenvalue weighted by atomic mass is 10.1. The molecule has 2 aromatic carbocycles. The van der Waals surface area contributed by atoms with E-state index in [-0.39, 0.29) is 16.5 Å². The number of rotatable bonds is 7. The summed E-state index contributed by atoms with van der Waals surface area (Å²) in [5.74, 6) is 0.882. The molecule has 0 aliphatic carbocycles. The lowest BCUT2D eigenvalue weighted by Gasteiger charge is -2.34. The van der Waals surface area contributed by atoms with Gasteiger partial charge in [-0.2, -0.15) is 0 Å². The molecule has 0 bridgehead atoms. The van der Waals surface area contributed by atoms with Crippen LogP contribution >= 0.6 is 23.1 Å². The monoisotopic (exact) mass is 468 g/mol. The van der Waals surface area contributed by atoms with E-state index in [0.29, 0.717) is 25.2 Å². The van der Waals surface area contributed by atoms with E-state index < -0.39 is 0 Å². The van der Waals surface area contributed by atoms with E-state index in [1.165, 1.54) is 11.6 Å². The summed E-state index contributed by atoms with van der Waals surface area (Å²) in [5, 5.41) is 13.0. The minimum absolute atomic E-state index is 0.0507. The summed E-state index contributed by atoms with van der Waals surface area (Å²) < 4.78 is 1.06. The SMILES string of the molecule is Cc1csc(SCc2ccc(C(=O)N3CCN(Cc4cccc([N+](=O)[O-])c4)CC3)cc2)n1. The van der Waals surface area contributed by atoms with Crippen molar-refractivity contribution in [1.29, 1.82) is 0 Å². The van der Waals surface area contributed by atoms with Crippen molar-refractivity contribution in [1.82, 2.24) is 14.8 Å². The third-order valence-electron chi connectivity index (χ3n) is 5.35. The minimum Gasteiger partial charge on any atom is -0.336 e. The Balaban J connectivity index is 1.27. The molecule has 1 aliphatic rings. The van der Waals surface area contributed by atoms with Gasteiger partial charge in [-0.05, 0) is 30.2 Å². The lowest BCUT2D eigenvalue weighted by Crippen LogP contribution is -2.48. The number of piperazine rings is 1. The number of aromatic nitrogens is 1. The Morgan fingerprint density at radius 2 is 1.88 bits per heavy atom. The van der Waals surface area contributed by atoms with E-state index in [2.05, 4.69) is 9.88 Å². The van der Waals surface area contributed by atoms with Crippen LogP contribution in [0.3, 0.4) is 0 Å². The van der Waals surface area contributed by atoms with E-state index in [0.717, 1.165) is 34.4 Å². The normalized spacial score (nSPS) is 14.5. The molecule has 166 valence electrons. The van der Waals surface area contributed by atoms with Crippen molar-refractivity contribution in [3.05, 3.63) is 86.4 Å². The number of nitro groups is 1. The number of hydrogen-bond donors (Lipinski definition) is 0. The Morgan fingerprint density at radius 1 is 1.12 bits per heavy atom. The van der Waals surface area contributed by atoms with Crippen molar-refractivity contribution < 1.29 is 9.72 Å². The quantitative estimate of drug-likeness (QED) is 0.286. The number of amides is 1. The third-order valence-corrected chi connectivity index (χ3v) is 7.56. The van der Waals surface area contributed by atoms with Crippen molar-refractivity contribution in [2.75, 3.05) is 26.2 Å². The highest BCUT2D eigenvalue weighted by Gasteiger charge is 2.22. The summed E-state index contributed by atoms with van der Waals surface area (Å²) in [4.78, 5) is 32.1. The van der Waals surface area contributed by atoms with Crippen LogP contribution in [0.25, 0.3) is 0 Å². The molecular weight excluding hydrogens is 444 g/mol. The summed E-state index contributed by atoms with van der Waals surface area (Å²) in [7, 11) is 0. The molecule has 9 heteroatoms. The number of carbonyl (C=O) groups excluding carboxylic acids is 1. The van der Waals surface area contributed by atoms with Crippen molar-refractivity contribution in [3.63, 3.8) is 0 Å². The molecule has 1 aromatic heterocycles. The van der Waals surface area contributed by atoms with Crippen molar-refractivity contribution in [2.45, 2.75) is 23.6 Å². The van der Waals surface area contributed by atoms with Crippen LogP contribution < -0.4 is 0 Å². The molecule has 3 aromatic rings. The van der Waals surface area contributed by atoms with Crippen molar-refractivity contribution in [2.24, 2.45) is 0 Å². The van der Waals surface area contributed by atoms with Gasteiger partial charge < -0.3 is 4.90 Å². The van der Waals surface area contributed by atoms with E-state index in [1.807, 2.05) is 47.5 Å². The van der Waals surface area contributed by atoms with E-state index >= 15 is 0 Å². The largest absolute Gasteiger partial charge is 0.336 e. The Kier molecular flexibility index (Phi) is 7.19. The fraction of sp³-hybridized carbons (Fsp3) is 0.304. The lowest BCUT2D eigenvalue weighted by molar-refractivity contribution is -0.384. The molecule has 0 spiro atoms. The molecule has 1 fully saturated rings. The van der Waals surface area contributed by atoms with Crippen LogP contribution in [0.2, 0.25) is 0 Å². The summed E-state index contributed by atoms with van der Waals surface area (Å²) >= 11 is 3.36. The molecule has 1 saturated heterocycles. The van der Waals surface area contributed by atoms with Gasteiger partial charge in [-0.1, -0.05) is 36.0 Å². The molecule has 0 unspecified atom stereocenters. The van der Waals surface area contributed by atoms with Gasteiger partial charge in [0.25, 0.3) is 11.6 Å². The Hall–Kier alpha value is -2.75. The standard InChI is InChI=1S/C23H24N4O3S2/c1-17-15-31-23(24-17)32-16-18-5-7-20(8-6-18)22(28)26-11-9-25(10-12-26)14-19-3-2-4-21(13-19)27(29)30/h2-8,13,15H,9-12,14,16H2,1H3. The first-order valence-corrected chi connectivity index (χ1v) is 12.2. The van der Waals surface area contributed by atoms with Crippen LogP contribution in [-0.4, -0.2) is 51.8 Å². The Labute approximate surface area is 195 Å². The Bertz CT molecular complexity index is 1090. The number of thiazole rings is 1. The number of nitro benzene ring substituents is 1. The molecule has 4 rings (SSSR count). The predicted octanol–water partition coefficient (Wildman–Crippen LogP) is 4.61. The zero-order chi connectivity index (χ0) is 22.5. The molecule has 0 atom stereocenters. The van der Waals surface area contributed by atoms with Gasteiger partial charge in [-0.15, -0.1) is 11.3 Å². The van der Waals surface area contributed by atoms with Gasteiger partial charge in [0.1, 0.15) is 4.34 Å². The number of hydrogen-bond acceptors (Lipinski definition) is 7. The van der Waals surface area contributed by atoms with Crippen LogP contribution in [0.5, 0.6) is 0 Å². The number of nitrogens with zero attached hydrogens (tertiary/aromatic N) is 4. The van der Waals surface area contributed by atoms with Gasteiger partial charge >= 0.3 is 0 Å². The fourth-order valence-electron chi connectivity index (χ4n) is 3.61. The number of benzene rings is 2. The molecule has 7 nitrogen and oxygen atoms in total. The van der Waals surface area contributed by atoms with Crippen molar-refractivity contribution in [3.8, 4) is 0 Å². The summed E-state index contributed by atoms with van der Waals surface area (Å²) in [6.45, 7) is 5.43. The number of non-ortho nitro benzene ring substituents is 1. The Morgan fingerprint density at radius 3 is 2.53 bits per heavy atom. The maximum atomic E-state index is 12.9. The maximum Gasteiger partial charge on any atom is 0.269 e. The first kappa shape index (κ1) is 22.4. The maximum absolute atomic E-state index is 12.9. The summed E-state index contributed by atoms with van der Waals surface area (Å²) in [5.41, 5.74) is 3.95. The zero-order valence-electron chi connectivity index (χ0n) is 17.8. The summed E-state index contributed by atoms with van der Waals surface area (Å²) in [6, 6.07) is 14.6. The molecule has 0 saturated carbocycles. The summed E-state index contributed by atoms with van der Waals surface area (Å²) in [6.07, 6.45) is 0. The van der Waals surface area contributed by atoms with E-state index in [9.17, 15) is 14.9 Å². The van der Waals surface area contributed by atoms with Gasteiger partial charge in [-0.25, -0.2) is 4.98 Å². The first-order valence-electron chi connectivity index (χ1n) is 10.4. The van der Waals surface area contributed by atoms with Gasteiger partial charge in [0.15, 0.2) is 0 Å². The van der Waals surface area contributed by atoms with Crippen LogP contribution in [0.15, 0.2) is 58.3 Å². The van der Waals surface area contributed by atoms with Gasteiger partial charge in [0.2, 0.25) is 0 Å². The molecule has 1 amide bonds.